The molecule has 1 aromatic heterocycles. The summed E-state index contributed by atoms with van der Waals surface area (Å²) in [7, 11) is 5.56. The van der Waals surface area contributed by atoms with Gasteiger partial charge in [-0.05, 0) is 24.3 Å². The Balaban J connectivity index is 1.94. The number of ether oxygens (including phenoxy) is 1. The molecule has 23 heavy (non-hydrogen) atoms. The van der Waals surface area contributed by atoms with Crippen LogP contribution in [-0.2, 0) is 4.74 Å². The van der Waals surface area contributed by atoms with Crippen LogP contribution in [0.5, 0.6) is 0 Å². The van der Waals surface area contributed by atoms with E-state index < -0.39 is 0 Å². The molecule has 0 fully saturated rings. The van der Waals surface area contributed by atoms with Gasteiger partial charge in [-0.15, -0.1) is 0 Å². The number of benzene rings is 1. The fourth-order valence-electron chi connectivity index (χ4n) is 1.85. The maximum Gasteiger partial charge on any atom is 0.258 e. The fraction of sp³-hybridized carbons (Fsp3) is 0.312. The molecule has 0 aliphatic carbocycles. The second-order valence-corrected chi connectivity index (χ2v) is 5.11. The topological polar surface area (TPSA) is 79.4 Å². The van der Waals surface area contributed by atoms with Crippen LogP contribution >= 0.6 is 0 Å². The fourth-order valence-corrected chi connectivity index (χ4v) is 1.85. The van der Waals surface area contributed by atoms with Gasteiger partial charge in [0.05, 0.1) is 12.2 Å². The van der Waals surface area contributed by atoms with E-state index in [0.29, 0.717) is 24.7 Å². The van der Waals surface area contributed by atoms with Gasteiger partial charge in [0.2, 0.25) is 5.95 Å². The molecule has 1 heterocycles. The zero-order valence-corrected chi connectivity index (χ0v) is 13.5. The van der Waals surface area contributed by atoms with E-state index in [1.807, 2.05) is 43.3 Å². The average Bonchev–Trinajstić information content (AvgIpc) is 2.56. The van der Waals surface area contributed by atoms with Crippen molar-refractivity contribution in [2.75, 3.05) is 49.9 Å². The Hall–Kier alpha value is -2.67. The lowest BCUT2D eigenvalue weighted by Gasteiger charge is -2.13. The van der Waals surface area contributed by atoms with E-state index in [1.54, 1.807) is 7.11 Å². The van der Waals surface area contributed by atoms with Crippen molar-refractivity contribution in [2.45, 2.75) is 0 Å². The van der Waals surface area contributed by atoms with Crippen LogP contribution in [0.4, 0.5) is 17.3 Å². The minimum atomic E-state index is -0.244. The van der Waals surface area contributed by atoms with Gasteiger partial charge < -0.3 is 20.3 Å². The molecule has 0 spiro atoms. The van der Waals surface area contributed by atoms with Crippen molar-refractivity contribution in [3.05, 3.63) is 42.2 Å². The van der Waals surface area contributed by atoms with E-state index in [2.05, 4.69) is 20.6 Å². The molecule has 0 atom stereocenters. The smallest absolute Gasteiger partial charge is 0.258 e. The zero-order valence-electron chi connectivity index (χ0n) is 13.5. The Morgan fingerprint density at radius 3 is 2.39 bits per heavy atom. The molecule has 2 aromatic rings. The Bertz CT molecular complexity index is 626. The van der Waals surface area contributed by atoms with E-state index in [-0.39, 0.29) is 5.91 Å². The molecular formula is C16H21N5O2. The van der Waals surface area contributed by atoms with Gasteiger partial charge in [0, 0.05) is 51.5 Å². The van der Waals surface area contributed by atoms with Gasteiger partial charge in [-0.2, -0.15) is 0 Å². The monoisotopic (exact) mass is 315 g/mol. The second-order valence-electron chi connectivity index (χ2n) is 5.11. The van der Waals surface area contributed by atoms with Crippen LogP contribution in [-0.4, -0.2) is 50.2 Å². The first-order valence-electron chi connectivity index (χ1n) is 7.23. The Labute approximate surface area is 135 Å². The van der Waals surface area contributed by atoms with Crippen LogP contribution in [0.1, 0.15) is 10.4 Å². The van der Waals surface area contributed by atoms with Crippen molar-refractivity contribution in [3.63, 3.8) is 0 Å². The number of amides is 1. The highest BCUT2D eigenvalue weighted by Crippen LogP contribution is 2.16. The molecule has 7 heteroatoms. The summed E-state index contributed by atoms with van der Waals surface area (Å²) in [6, 6.07) is 7.59. The predicted molar refractivity (Wildman–Crippen MR) is 91.1 cm³/mol. The molecule has 122 valence electrons. The number of anilines is 3. The second kappa shape index (κ2) is 8.09. The predicted octanol–water partition coefficient (Wildman–Crippen LogP) is 1.85. The van der Waals surface area contributed by atoms with Crippen molar-refractivity contribution in [3.8, 4) is 0 Å². The first-order valence-corrected chi connectivity index (χ1v) is 7.23. The van der Waals surface area contributed by atoms with Crippen LogP contribution in [0, 0.1) is 0 Å². The maximum absolute atomic E-state index is 12.2. The molecule has 0 aliphatic heterocycles. The van der Waals surface area contributed by atoms with Gasteiger partial charge in [-0.25, -0.2) is 9.97 Å². The number of rotatable bonds is 7. The SMILES string of the molecule is COCCNc1ncc(C(=O)Nc2ccc(N(C)C)cc2)cn1. The minimum absolute atomic E-state index is 0.244. The molecule has 0 bridgehead atoms. The van der Waals surface area contributed by atoms with E-state index in [0.717, 1.165) is 11.4 Å². The summed E-state index contributed by atoms with van der Waals surface area (Å²) in [6.45, 7) is 1.18. The van der Waals surface area contributed by atoms with Gasteiger partial charge >= 0.3 is 0 Å². The lowest BCUT2D eigenvalue weighted by molar-refractivity contribution is 0.102. The van der Waals surface area contributed by atoms with Crippen molar-refractivity contribution < 1.29 is 9.53 Å². The molecule has 1 amide bonds. The molecular weight excluding hydrogens is 294 g/mol. The molecule has 0 saturated heterocycles. The van der Waals surface area contributed by atoms with E-state index in [9.17, 15) is 4.79 Å². The van der Waals surface area contributed by atoms with Crippen LogP contribution in [0.15, 0.2) is 36.7 Å². The summed E-state index contributed by atoms with van der Waals surface area (Å²) in [5.74, 6) is 0.222. The van der Waals surface area contributed by atoms with E-state index >= 15 is 0 Å². The number of methoxy groups -OCH3 is 1. The highest BCUT2D eigenvalue weighted by Gasteiger charge is 2.08. The molecule has 1 aromatic carbocycles. The average molecular weight is 315 g/mol. The summed E-state index contributed by atoms with van der Waals surface area (Å²) in [5, 5.41) is 5.81. The number of nitrogens with one attached hydrogen (secondary N) is 2. The van der Waals surface area contributed by atoms with Crippen LogP contribution in [0.2, 0.25) is 0 Å². The molecule has 2 N–H and O–H groups in total. The summed E-state index contributed by atoms with van der Waals surface area (Å²) in [4.78, 5) is 22.4. The number of hydrogen-bond acceptors (Lipinski definition) is 6. The van der Waals surface area contributed by atoms with Gasteiger partial charge in [-0.1, -0.05) is 0 Å². The third-order valence-electron chi connectivity index (χ3n) is 3.14. The lowest BCUT2D eigenvalue weighted by Crippen LogP contribution is -2.15. The Morgan fingerprint density at radius 2 is 1.83 bits per heavy atom. The van der Waals surface area contributed by atoms with E-state index in [1.165, 1.54) is 12.4 Å². The summed E-state index contributed by atoms with van der Waals surface area (Å²) in [6.07, 6.45) is 2.98. The number of carbonyl (C=O) groups excluding carboxylic acids is 1. The van der Waals surface area contributed by atoms with Crippen LogP contribution < -0.4 is 15.5 Å². The van der Waals surface area contributed by atoms with Gasteiger partial charge in [0.1, 0.15) is 0 Å². The zero-order chi connectivity index (χ0) is 16.7. The molecule has 7 nitrogen and oxygen atoms in total. The van der Waals surface area contributed by atoms with Crippen LogP contribution in [0.25, 0.3) is 0 Å². The highest BCUT2D eigenvalue weighted by atomic mass is 16.5. The molecule has 2 rings (SSSR count). The van der Waals surface area contributed by atoms with Crippen molar-refractivity contribution in [1.29, 1.82) is 0 Å². The van der Waals surface area contributed by atoms with Gasteiger partial charge in [0.25, 0.3) is 5.91 Å². The van der Waals surface area contributed by atoms with Gasteiger partial charge in [0.15, 0.2) is 0 Å². The summed E-state index contributed by atoms with van der Waals surface area (Å²) < 4.78 is 4.93. The third-order valence-corrected chi connectivity index (χ3v) is 3.14. The van der Waals surface area contributed by atoms with Crippen molar-refractivity contribution >= 4 is 23.2 Å². The molecule has 0 radical (unpaired) electrons. The number of nitrogens with zero attached hydrogens (tertiary/aromatic N) is 3. The summed E-state index contributed by atoms with van der Waals surface area (Å²) in [5.41, 5.74) is 2.19. The lowest BCUT2D eigenvalue weighted by atomic mass is 10.2. The Kier molecular flexibility index (Phi) is 5.87. The largest absolute Gasteiger partial charge is 0.383 e. The quantitative estimate of drug-likeness (QED) is 0.759. The normalized spacial score (nSPS) is 10.2. The van der Waals surface area contributed by atoms with E-state index in [4.69, 9.17) is 4.74 Å². The number of hydrogen-bond donors (Lipinski definition) is 2. The molecule has 0 aliphatic rings. The highest BCUT2D eigenvalue weighted by molar-refractivity contribution is 6.03. The third kappa shape index (κ3) is 4.93. The first-order chi connectivity index (χ1) is 11.1. The molecule has 0 saturated carbocycles. The number of aromatic nitrogens is 2. The summed E-state index contributed by atoms with van der Waals surface area (Å²) >= 11 is 0. The van der Waals surface area contributed by atoms with Crippen molar-refractivity contribution in [1.82, 2.24) is 9.97 Å². The maximum atomic E-state index is 12.2. The van der Waals surface area contributed by atoms with Gasteiger partial charge in [-0.3, -0.25) is 4.79 Å². The Morgan fingerprint density at radius 1 is 1.17 bits per heavy atom. The van der Waals surface area contributed by atoms with Crippen LogP contribution in [0.3, 0.4) is 0 Å². The molecule has 0 unspecified atom stereocenters. The number of carbonyl (C=O) groups is 1. The standard InChI is InChI=1S/C16H21N5O2/c1-21(2)14-6-4-13(5-7-14)20-15(22)12-10-18-16(19-11-12)17-8-9-23-3/h4-7,10-11H,8-9H2,1-3H3,(H,20,22)(H,17,18,19). The van der Waals surface area contributed by atoms with Crippen molar-refractivity contribution in [2.24, 2.45) is 0 Å². The first kappa shape index (κ1) is 16.7. The minimum Gasteiger partial charge on any atom is -0.383 e.